The monoisotopic (exact) mass is 252 g/mol. The van der Waals surface area contributed by atoms with Crippen molar-refractivity contribution in [2.45, 2.75) is 77.7 Å². The summed E-state index contributed by atoms with van der Waals surface area (Å²) in [6.45, 7) is 3.99. The fraction of sp³-hybridized carbons (Fsp3) is 0.812. The topological polar surface area (TPSA) is 26.3 Å². The number of hydrogen-bond donors (Lipinski definition) is 0. The summed E-state index contributed by atoms with van der Waals surface area (Å²) >= 11 is 0. The number of ether oxygens (including phenoxy) is 1. The number of allylic oxidation sites excluding steroid dienone is 2. The van der Waals surface area contributed by atoms with E-state index in [4.69, 9.17) is 4.74 Å². The molecule has 0 bridgehead atoms. The van der Waals surface area contributed by atoms with Crippen LogP contribution in [0.5, 0.6) is 0 Å². The van der Waals surface area contributed by atoms with Crippen LogP contribution in [0.15, 0.2) is 12.2 Å². The summed E-state index contributed by atoms with van der Waals surface area (Å²) in [4.78, 5) is 11.4. The second-order valence-corrected chi connectivity index (χ2v) is 5.43. The predicted molar refractivity (Wildman–Crippen MR) is 75.4 cm³/mol. The van der Waals surface area contributed by atoms with Crippen molar-refractivity contribution >= 4 is 5.97 Å². The highest BCUT2D eigenvalue weighted by molar-refractivity contribution is 5.69. The zero-order valence-corrected chi connectivity index (χ0v) is 12.0. The van der Waals surface area contributed by atoms with Gasteiger partial charge in [0.15, 0.2) is 0 Å². The Labute approximate surface area is 112 Å². The quantitative estimate of drug-likeness (QED) is 0.357. The molecule has 0 saturated heterocycles. The van der Waals surface area contributed by atoms with Crippen LogP contribution in [0.25, 0.3) is 0 Å². The maximum absolute atomic E-state index is 11.4. The van der Waals surface area contributed by atoms with Crippen molar-refractivity contribution in [2.75, 3.05) is 0 Å². The molecule has 0 fully saturated rings. The summed E-state index contributed by atoms with van der Waals surface area (Å²) < 4.78 is 5.25. The lowest BCUT2D eigenvalue weighted by Gasteiger charge is -2.15. The van der Waals surface area contributed by atoms with E-state index in [2.05, 4.69) is 12.2 Å². The van der Waals surface area contributed by atoms with Crippen molar-refractivity contribution in [2.24, 2.45) is 5.92 Å². The smallest absolute Gasteiger partial charge is 0.306 e. The van der Waals surface area contributed by atoms with Crippen LogP contribution < -0.4 is 0 Å². The predicted octanol–water partition coefficient (Wildman–Crippen LogP) is 4.63. The molecule has 0 aromatic carbocycles. The van der Waals surface area contributed by atoms with Gasteiger partial charge in [0.05, 0.1) is 6.10 Å². The van der Waals surface area contributed by atoms with E-state index in [9.17, 15) is 4.79 Å². The third-order valence-corrected chi connectivity index (χ3v) is 3.72. The van der Waals surface area contributed by atoms with Crippen molar-refractivity contribution in [3.8, 4) is 0 Å². The van der Waals surface area contributed by atoms with E-state index < -0.39 is 0 Å². The lowest BCUT2D eigenvalue weighted by Crippen LogP contribution is -2.13. The van der Waals surface area contributed by atoms with Crippen LogP contribution in [-0.4, -0.2) is 12.1 Å². The number of hydrogen-bond acceptors (Lipinski definition) is 2. The van der Waals surface area contributed by atoms with Crippen LogP contribution in [0.2, 0.25) is 0 Å². The van der Waals surface area contributed by atoms with Crippen molar-refractivity contribution in [3.05, 3.63) is 12.2 Å². The molecule has 0 aliphatic heterocycles. The average molecular weight is 252 g/mol. The highest BCUT2D eigenvalue weighted by Gasteiger charge is 2.09. The molecule has 104 valence electrons. The molecule has 1 aliphatic carbocycles. The van der Waals surface area contributed by atoms with Gasteiger partial charge in [-0.05, 0) is 51.4 Å². The molecule has 0 amide bonds. The zero-order valence-electron chi connectivity index (χ0n) is 12.0. The maximum atomic E-state index is 11.4. The highest BCUT2D eigenvalue weighted by Crippen LogP contribution is 2.22. The Morgan fingerprint density at radius 2 is 2.22 bits per heavy atom. The van der Waals surface area contributed by atoms with Gasteiger partial charge in [-0.2, -0.15) is 0 Å². The molecule has 0 spiro atoms. The lowest BCUT2D eigenvalue weighted by atomic mass is 9.91. The molecule has 0 N–H and O–H groups in total. The molecule has 0 saturated carbocycles. The number of unbranched alkanes of at least 4 members (excludes halogenated alkanes) is 2. The van der Waals surface area contributed by atoms with Gasteiger partial charge in [0.2, 0.25) is 0 Å². The first-order valence-corrected chi connectivity index (χ1v) is 7.58. The zero-order chi connectivity index (χ0) is 13.2. The summed E-state index contributed by atoms with van der Waals surface area (Å²) in [5.74, 6) is 0.771. The van der Waals surface area contributed by atoms with E-state index in [0.717, 1.165) is 25.2 Å². The number of carbonyl (C=O) groups is 1. The average Bonchev–Trinajstić information content (AvgIpc) is 2.39. The standard InChI is InChI=1S/C16H28O2/c1-3-14(2)18-16(17)13-9-5-8-12-15-10-6-4-7-11-15/h6,10,14-15H,3-5,7-9,11-13H2,1-2H3/t14-,15-/m0/s1. The third-order valence-electron chi connectivity index (χ3n) is 3.72. The number of rotatable bonds is 8. The van der Waals surface area contributed by atoms with Gasteiger partial charge in [0.25, 0.3) is 0 Å². The Hall–Kier alpha value is -0.790. The van der Waals surface area contributed by atoms with Crippen molar-refractivity contribution < 1.29 is 9.53 Å². The van der Waals surface area contributed by atoms with Gasteiger partial charge in [-0.25, -0.2) is 0 Å². The SMILES string of the molecule is CC[C@H](C)OC(=O)CCCCC[C@H]1C=CCCC1. The van der Waals surface area contributed by atoms with E-state index in [1.165, 1.54) is 32.1 Å². The van der Waals surface area contributed by atoms with E-state index in [1.807, 2.05) is 13.8 Å². The molecule has 2 heteroatoms. The second-order valence-electron chi connectivity index (χ2n) is 5.43. The summed E-state index contributed by atoms with van der Waals surface area (Å²) in [5, 5.41) is 0. The van der Waals surface area contributed by atoms with E-state index >= 15 is 0 Å². The second kappa shape index (κ2) is 9.18. The first-order chi connectivity index (χ1) is 8.72. The minimum absolute atomic E-state index is 0.0260. The lowest BCUT2D eigenvalue weighted by molar-refractivity contribution is -0.148. The summed E-state index contributed by atoms with van der Waals surface area (Å²) in [6.07, 6.45) is 14.9. The molecule has 0 radical (unpaired) electrons. The largest absolute Gasteiger partial charge is 0.463 e. The normalized spacial score (nSPS) is 20.7. The highest BCUT2D eigenvalue weighted by atomic mass is 16.5. The molecule has 2 atom stereocenters. The van der Waals surface area contributed by atoms with Crippen LogP contribution in [0.3, 0.4) is 0 Å². The van der Waals surface area contributed by atoms with Crippen LogP contribution in [0.1, 0.15) is 71.6 Å². The molecule has 0 aromatic heterocycles. The minimum atomic E-state index is -0.0260. The van der Waals surface area contributed by atoms with Gasteiger partial charge in [0.1, 0.15) is 0 Å². The van der Waals surface area contributed by atoms with Crippen molar-refractivity contribution in [1.29, 1.82) is 0 Å². The summed E-state index contributed by atoms with van der Waals surface area (Å²) in [7, 11) is 0. The van der Waals surface area contributed by atoms with Gasteiger partial charge in [-0.1, -0.05) is 31.9 Å². The summed E-state index contributed by atoms with van der Waals surface area (Å²) in [5.41, 5.74) is 0. The van der Waals surface area contributed by atoms with Gasteiger partial charge < -0.3 is 4.74 Å². The molecular weight excluding hydrogens is 224 g/mol. The number of esters is 1. The van der Waals surface area contributed by atoms with Crippen LogP contribution in [0, 0.1) is 5.92 Å². The molecule has 0 aromatic rings. The van der Waals surface area contributed by atoms with Gasteiger partial charge in [-0.15, -0.1) is 0 Å². The maximum Gasteiger partial charge on any atom is 0.306 e. The molecule has 1 rings (SSSR count). The van der Waals surface area contributed by atoms with E-state index in [-0.39, 0.29) is 12.1 Å². The number of carbonyl (C=O) groups excluding carboxylic acids is 1. The van der Waals surface area contributed by atoms with Crippen molar-refractivity contribution in [3.63, 3.8) is 0 Å². The Morgan fingerprint density at radius 1 is 1.39 bits per heavy atom. The first kappa shape index (κ1) is 15.3. The first-order valence-electron chi connectivity index (χ1n) is 7.58. The van der Waals surface area contributed by atoms with Gasteiger partial charge in [-0.3, -0.25) is 4.79 Å². The molecule has 0 unspecified atom stereocenters. The fourth-order valence-corrected chi connectivity index (χ4v) is 2.34. The Balaban J connectivity index is 1.96. The molecule has 2 nitrogen and oxygen atoms in total. The molecular formula is C16H28O2. The van der Waals surface area contributed by atoms with Crippen LogP contribution in [-0.2, 0) is 9.53 Å². The Morgan fingerprint density at radius 3 is 2.89 bits per heavy atom. The van der Waals surface area contributed by atoms with Crippen LogP contribution in [0.4, 0.5) is 0 Å². The molecule has 0 heterocycles. The molecule has 1 aliphatic rings. The fourth-order valence-electron chi connectivity index (χ4n) is 2.34. The van der Waals surface area contributed by atoms with Gasteiger partial charge in [0, 0.05) is 6.42 Å². The van der Waals surface area contributed by atoms with E-state index in [1.54, 1.807) is 0 Å². The molecule has 18 heavy (non-hydrogen) atoms. The minimum Gasteiger partial charge on any atom is -0.463 e. The third kappa shape index (κ3) is 6.83. The van der Waals surface area contributed by atoms with Crippen molar-refractivity contribution in [1.82, 2.24) is 0 Å². The Kier molecular flexibility index (Phi) is 7.79. The Bertz CT molecular complexity index is 258. The van der Waals surface area contributed by atoms with Gasteiger partial charge >= 0.3 is 5.97 Å². The van der Waals surface area contributed by atoms with E-state index in [0.29, 0.717) is 6.42 Å². The van der Waals surface area contributed by atoms with Crippen LogP contribution >= 0.6 is 0 Å². The summed E-state index contributed by atoms with van der Waals surface area (Å²) in [6, 6.07) is 0.